The maximum absolute atomic E-state index is 12.2. The number of hydrogen-bond donors (Lipinski definition) is 1. The third kappa shape index (κ3) is 3.45. The first-order valence-corrected chi connectivity index (χ1v) is 5.72. The molecule has 104 valence electrons. The van der Waals surface area contributed by atoms with E-state index in [0.717, 1.165) is 5.65 Å². The average Bonchev–Trinajstić information content (AvgIpc) is 2.69. The molecule has 1 N–H and O–H groups in total. The van der Waals surface area contributed by atoms with Crippen LogP contribution < -0.4 is 0 Å². The molecule has 0 radical (unpaired) electrons. The van der Waals surface area contributed by atoms with Crippen LogP contribution >= 0.6 is 0 Å². The Balaban J connectivity index is 2.00. The molecule has 2 heterocycles. The Hall–Kier alpha value is -1.60. The van der Waals surface area contributed by atoms with E-state index >= 15 is 0 Å². The number of aliphatic hydroxyl groups is 1. The topological polar surface area (TPSA) is 40.8 Å². The molecule has 0 amide bonds. The van der Waals surface area contributed by atoms with Crippen LogP contribution in [-0.4, -0.2) is 45.3 Å². The summed E-state index contributed by atoms with van der Waals surface area (Å²) in [6, 6.07) is 5.49. The minimum Gasteiger partial charge on any atom is -0.382 e. The minimum atomic E-state index is -4.59. The van der Waals surface area contributed by atoms with E-state index in [-0.39, 0.29) is 6.54 Å². The zero-order chi connectivity index (χ0) is 14.0. The van der Waals surface area contributed by atoms with E-state index in [1.165, 1.54) is 11.9 Å². The second-order valence-electron chi connectivity index (χ2n) is 4.45. The summed E-state index contributed by atoms with van der Waals surface area (Å²) >= 11 is 0. The minimum absolute atomic E-state index is 0.245. The highest BCUT2D eigenvalue weighted by molar-refractivity contribution is 5.39. The Kier molecular flexibility index (Phi) is 3.77. The summed E-state index contributed by atoms with van der Waals surface area (Å²) in [6.07, 6.45) is -3.36. The van der Waals surface area contributed by atoms with E-state index in [9.17, 15) is 13.2 Å². The number of likely N-dealkylation sites (N-methyl/N-ethyl adjacent to an activating group) is 1. The molecule has 0 saturated carbocycles. The molecule has 0 aromatic carbocycles. The van der Waals surface area contributed by atoms with Crippen molar-refractivity contribution in [3.8, 4) is 0 Å². The van der Waals surface area contributed by atoms with Crippen LogP contribution in [-0.2, 0) is 6.54 Å². The molecule has 0 aliphatic carbocycles. The van der Waals surface area contributed by atoms with Gasteiger partial charge < -0.3 is 9.51 Å². The van der Waals surface area contributed by atoms with Crippen LogP contribution in [0.3, 0.4) is 0 Å². The van der Waals surface area contributed by atoms with Crippen LogP contribution in [0.2, 0.25) is 0 Å². The molecule has 0 bridgehead atoms. The van der Waals surface area contributed by atoms with Crippen molar-refractivity contribution < 1.29 is 18.3 Å². The summed E-state index contributed by atoms with van der Waals surface area (Å²) in [5, 5.41) is 8.98. The summed E-state index contributed by atoms with van der Waals surface area (Å²) in [7, 11) is 1.51. The number of rotatable bonds is 4. The van der Waals surface area contributed by atoms with E-state index in [1.54, 1.807) is 10.6 Å². The number of alkyl halides is 3. The second-order valence-corrected chi connectivity index (χ2v) is 4.45. The molecule has 0 spiro atoms. The number of hydrogen-bond acceptors (Lipinski definition) is 3. The number of imidazole rings is 1. The van der Waals surface area contributed by atoms with Crippen molar-refractivity contribution in [2.24, 2.45) is 0 Å². The van der Waals surface area contributed by atoms with Gasteiger partial charge in [0, 0.05) is 25.5 Å². The fraction of sp³-hybridized carbons (Fsp3) is 0.417. The highest BCUT2D eigenvalue weighted by atomic mass is 19.4. The molecular formula is C12H14F3N3O. The van der Waals surface area contributed by atoms with Crippen molar-refractivity contribution in [3.05, 3.63) is 36.3 Å². The molecule has 2 aromatic rings. The van der Waals surface area contributed by atoms with Crippen molar-refractivity contribution in [2.75, 3.05) is 13.6 Å². The highest BCUT2D eigenvalue weighted by Crippen LogP contribution is 2.20. The Morgan fingerprint density at radius 3 is 2.79 bits per heavy atom. The number of nitrogens with zero attached hydrogens (tertiary/aromatic N) is 3. The lowest BCUT2D eigenvalue weighted by atomic mass is 10.3. The Morgan fingerprint density at radius 1 is 1.42 bits per heavy atom. The van der Waals surface area contributed by atoms with Crippen molar-refractivity contribution >= 4 is 5.65 Å². The van der Waals surface area contributed by atoms with Crippen LogP contribution in [0.5, 0.6) is 0 Å². The summed E-state index contributed by atoms with van der Waals surface area (Å²) in [4.78, 5) is 5.67. The fourth-order valence-corrected chi connectivity index (χ4v) is 1.80. The van der Waals surface area contributed by atoms with Gasteiger partial charge >= 0.3 is 6.18 Å². The quantitative estimate of drug-likeness (QED) is 0.921. The molecule has 0 aliphatic heterocycles. The van der Waals surface area contributed by atoms with E-state index < -0.39 is 18.8 Å². The van der Waals surface area contributed by atoms with E-state index in [4.69, 9.17) is 5.11 Å². The van der Waals surface area contributed by atoms with Crippen LogP contribution in [0.1, 0.15) is 5.69 Å². The smallest absolute Gasteiger partial charge is 0.382 e. The van der Waals surface area contributed by atoms with Gasteiger partial charge in [0.05, 0.1) is 5.69 Å². The molecule has 0 aliphatic rings. The predicted molar refractivity (Wildman–Crippen MR) is 63.6 cm³/mol. The number of aliphatic hydroxyl groups excluding tert-OH is 1. The fourth-order valence-electron chi connectivity index (χ4n) is 1.80. The second kappa shape index (κ2) is 5.18. The molecule has 7 heteroatoms. The SMILES string of the molecule is CN(Cc1cn2ccccc2n1)CC(O)C(F)(F)F. The first-order chi connectivity index (χ1) is 8.86. The maximum Gasteiger partial charge on any atom is 0.415 e. The highest BCUT2D eigenvalue weighted by Gasteiger charge is 2.38. The van der Waals surface area contributed by atoms with Gasteiger partial charge in [0.1, 0.15) is 5.65 Å². The molecule has 1 unspecified atom stereocenters. The Labute approximate surface area is 108 Å². The Morgan fingerprint density at radius 2 is 2.16 bits per heavy atom. The first kappa shape index (κ1) is 13.8. The molecule has 0 fully saturated rings. The largest absolute Gasteiger partial charge is 0.415 e. The molecule has 0 saturated heterocycles. The monoisotopic (exact) mass is 273 g/mol. The normalized spacial score (nSPS) is 14.2. The lowest BCUT2D eigenvalue weighted by molar-refractivity contribution is -0.207. The lowest BCUT2D eigenvalue weighted by Crippen LogP contribution is -2.39. The van der Waals surface area contributed by atoms with Gasteiger partial charge in [-0.15, -0.1) is 0 Å². The molecule has 2 aromatic heterocycles. The first-order valence-electron chi connectivity index (χ1n) is 5.72. The van der Waals surface area contributed by atoms with Crippen molar-refractivity contribution in [2.45, 2.75) is 18.8 Å². The van der Waals surface area contributed by atoms with Gasteiger partial charge in [-0.2, -0.15) is 13.2 Å². The van der Waals surface area contributed by atoms with E-state index in [0.29, 0.717) is 5.69 Å². The van der Waals surface area contributed by atoms with Crippen LogP contribution in [0, 0.1) is 0 Å². The van der Waals surface area contributed by atoms with Crippen molar-refractivity contribution in [1.29, 1.82) is 0 Å². The van der Waals surface area contributed by atoms with Gasteiger partial charge in [-0.3, -0.25) is 4.90 Å². The summed E-state index contributed by atoms with van der Waals surface area (Å²) in [5.74, 6) is 0. The lowest BCUT2D eigenvalue weighted by Gasteiger charge is -2.21. The van der Waals surface area contributed by atoms with Crippen LogP contribution in [0.4, 0.5) is 13.2 Å². The van der Waals surface area contributed by atoms with Gasteiger partial charge in [-0.05, 0) is 19.2 Å². The summed E-state index contributed by atoms with van der Waals surface area (Å²) < 4.78 is 38.5. The molecular weight excluding hydrogens is 259 g/mol. The third-order valence-corrected chi connectivity index (χ3v) is 2.71. The maximum atomic E-state index is 12.2. The van der Waals surface area contributed by atoms with Crippen molar-refractivity contribution in [1.82, 2.24) is 14.3 Å². The average molecular weight is 273 g/mol. The molecule has 1 atom stereocenters. The zero-order valence-electron chi connectivity index (χ0n) is 10.3. The number of halogens is 3. The van der Waals surface area contributed by atoms with Crippen LogP contribution in [0.15, 0.2) is 30.6 Å². The predicted octanol–water partition coefficient (Wildman–Crippen LogP) is 1.69. The van der Waals surface area contributed by atoms with Gasteiger partial charge in [0.25, 0.3) is 0 Å². The standard InChI is InChI=1S/C12H14F3N3O/c1-17(8-10(19)12(13,14)15)6-9-7-18-5-3-2-4-11(18)16-9/h2-5,7,10,19H,6,8H2,1H3. The van der Waals surface area contributed by atoms with Gasteiger partial charge in [-0.25, -0.2) is 4.98 Å². The van der Waals surface area contributed by atoms with Crippen LogP contribution in [0.25, 0.3) is 5.65 Å². The van der Waals surface area contributed by atoms with Gasteiger partial charge in [0.15, 0.2) is 6.10 Å². The summed E-state index contributed by atoms with van der Waals surface area (Å²) in [5.41, 5.74) is 1.39. The molecule has 4 nitrogen and oxygen atoms in total. The number of aromatic nitrogens is 2. The third-order valence-electron chi connectivity index (χ3n) is 2.71. The Bertz CT molecular complexity index is 519. The number of fused-ring (bicyclic) bond motifs is 1. The molecule has 2 rings (SSSR count). The zero-order valence-corrected chi connectivity index (χ0v) is 10.3. The van der Waals surface area contributed by atoms with E-state index in [1.807, 2.05) is 24.4 Å². The van der Waals surface area contributed by atoms with Gasteiger partial charge in [0.2, 0.25) is 0 Å². The summed E-state index contributed by atoms with van der Waals surface area (Å²) in [6.45, 7) is -0.230. The van der Waals surface area contributed by atoms with Gasteiger partial charge in [-0.1, -0.05) is 6.07 Å². The van der Waals surface area contributed by atoms with Crippen molar-refractivity contribution in [3.63, 3.8) is 0 Å². The van der Waals surface area contributed by atoms with E-state index in [2.05, 4.69) is 4.98 Å². The number of pyridine rings is 1. The molecule has 19 heavy (non-hydrogen) atoms.